The number of anilines is 1. The number of piperazine rings is 1. The van der Waals surface area contributed by atoms with E-state index >= 15 is 0 Å². The van der Waals surface area contributed by atoms with Crippen LogP contribution >= 0.6 is 0 Å². The molecule has 1 fully saturated rings. The summed E-state index contributed by atoms with van der Waals surface area (Å²) >= 11 is 0. The number of carbonyl (C=O) groups is 1. The summed E-state index contributed by atoms with van der Waals surface area (Å²) in [5.74, 6) is 1.67. The SMILES string of the molecule is COc1ccc(C(C)N2CCN(c3ccc(C=O)cc3C)CC2)c(OC)c1. The summed E-state index contributed by atoms with van der Waals surface area (Å²) in [6.07, 6.45) is 0.901. The van der Waals surface area contributed by atoms with Crippen LogP contribution < -0.4 is 14.4 Å². The van der Waals surface area contributed by atoms with Crippen molar-refractivity contribution in [3.8, 4) is 11.5 Å². The van der Waals surface area contributed by atoms with Gasteiger partial charge >= 0.3 is 0 Å². The summed E-state index contributed by atoms with van der Waals surface area (Å²) in [5.41, 5.74) is 4.28. The second kappa shape index (κ2) is 8.44. The van der Waals surface area contributed by atoms with Crippen molar-refractivity contribution >= 4 is 12.0 Å². The van der Waals surface area contributed by atoms with E-state index in [-0.39, 0.29) is 6.04 Å². The van der Waals surface area contributed by atoms with Gasteiger partial charge in [-0.1, -0.05) is 6.07 Å². The van der Waals surface area contributed by atoms with Crippen molar-refractivity contribution in [2.24, 2.45) is 0 Å². The Morgan fingerprint density at radius 2 is 1.74 bits per heavy atom. The molecule has 5 heteroatoms. The smallest absolute Gasteiger partial charge is 0.150 e. The van der Waals surface area contributed by atoms with Crippen LogP contribution in [0.4, 0.5) is 5.69 Å². The fourth-order valence-corrected chi connectivity index (χ4v) is 3.82. The van der Waals surface area contributed by atoms with Crippen LogP contribution in [-0.2, 0) is 0 Å². The van der Waals surface area contributed by atoms with Crippen LogP contribution in [0.3, 0.4) is 0 Å². The zero-order valence-corrected chi connectivity index (χ0v) is 16.6. The van der Waals surface area contributed by atoms with E-state index in [0.717, 1.165) is 55.1 Å². The van der Waals surface area contributed by atoms with Crippen molar-refractivity contribution in [3.05, 3.63) is 53.1 Å². The minimum atomic E-state index is 0.270. The molecule has 0 radical (unpaired) electrons. The highest BCUT2D eigenvalue weighted by Crippen LogP contribution is 2.33. The largest absolute Gasteiger partial charge is 0.497 e. The van der Waals surface area contributed by atoms with Gasteiger partial charge in [0.05, 0.1) is 14.2 Å². The maximum atomic E-state index is 11.0. The van der Waals surface area contributed by atoms with Gasteiger partial charge in [-0.3, -0.25) is 9.69 Å². The Hall–Kier alpha value is -2.53. The molecule has 1 atom stereocenters. The summed E-state index contributed by atoms with van der Waals surface area (Å²) in [4.78, 5) is 15.8. The fourth-order valence-electron chi connectivity index (χ4n) is 3.82. The lowest BCUT2D eigenvalue weighted by Crippen LogP contribution is -2.47. The van der Waals surface area contributed by atoms with Gasteiger partial charge < -0.3 is 14.4 Å². The maximum Gasteiger partial charge on any atom is 0.150 e. The molecule has 1 saturated heterocycles. The van der Waals surface area contributed by atoms with Crippen molar-refractivity contribution in [1.82, 2.24) is 4.90 Å². The highest BCUT2D eigenvalue weighted by atomic mass is 16.5. The van der Waals surface area contributed by atoms with Crippen molar-refractivity contribution in [3.63, 3.8) is 0 Å². The maximum absolute atomic E-state index is 11.0. The van der Waals surface area contributed by atoms with Crippen LogP contribution in [0.25, 0.3) is 0 Å². The minimum Gasteiger partial charge on any atom is -0.497 e. The Bertz CT molecular complexity index is 798. The van der Waals surface area contributed by atoms with E-state index in [1.165, 1.54) is 11.3 Å². The van der Waals surface area contributed by atoms with Gasteiger partial charge in [0, 0.05) is 55.1 Å². The number of aldehydes is 1. The van der Waals surface area contributed by atoms with Gasteiger partial charge in [0.2, 0.25) is 0 Å². The van der Waals surface area contributed by atoms with Crippen LogP contribution in [0.5, 0.6) is 11.5 Å². The Morgan fingerprint density at radius 3 is 2.33 bits per heavy atom. The third-order valence-corrected chi connectivity index (χ3v) is 5.45. The van der Waals surface area contributed by atoms with E-state index in [1.54, 1.807) is 14.2 Å². The van der Waals surface area contributed by atoms with E-state index in [0.29, 0.717) is 0 Å². The zero-order chi connectivity index (χ0) is 19.4. The van der Waals surface area contributed by atoms with Crippen LogP contribution in [0.1, 0.15) is 34.5 Å². The number of carbonyl (C=O) groups excluding carboxylic acids is 1. The minimum absolute atomic E-state index is 0.270. The molecule has 0 N–H and O–H groups in total. The van der Waals surface area contributed by atoms with Crippen LogP contribution in [-0.4, -0.2) is 51.6 Å². The van der Waals surface area contributed by atoms with E-state index in [2.05, 4.69) is 35.8 Å². The number of benzene rings is 2. The molecule has 3 rings (SSSR count). The number of rotatable bonds is 6. The molecule has 0 saturated carbocycles. The number of methoxy groups -OCH3 is 2. The van der Waals surface area contributed by atoms with Gasteiger partial charge in [0.25, 0.3) is 0 Å². The molecule has 0 spiro atoms. The molecule has 2 aromatic carbocycles. The first-order valence-corrected chi connectivity index (χ1v) is 9.34. The molecular formula is C22H28N2O3. The van der Waals surface area contributed by atoms with E-state index in [4.69, 9.17) is 9.47 Å². The van der Waals surface area contributed by atoms with Gasteiger partial charge in [-0.15, -0.1) is 0 Å². The first-order chi connectivity index (χ1) is 13.1. The first-order valence-electron chi connectivity index (χ1n) is 9.34. The standard InChI is InChI=1S/C22H28N2O3/c1-16-13-18(15-25)5-8-21(16)24-11-9-23(10-12-24)17(2)20-7-6-19(26-3)14-22(20)27-4/h5-8,13-15,17H,9-12H2,1-4H3. The van der Waals surface area contributed by atoms with Gasteiger partial charge in [-0.05, 0) is 43.7 Å². The topological polar surface area (TPSA) is 42.0 Å². The van der Waals surface area contributed by atoms with Gasteiger partial charge in [-0.2, -0.15) is 0 Å². The number of hydrogen-bond donors (Lipinski definition) is 0. The lowest BCUT2D eigenvalue weighted by Gasteiger charge is -2.40. The molecule has 0 aliphatic carbocycles. The lowest BCUT2D eigenvalue weighted by atomic mass is 10.0. The molecule has 5 nitrogen and oxygen atoms in total. The predicted molar refractivity (Wildman–Crippen MR) is 108 cm³/mol. The average molecular weight is 368 g/mol. The van der Waals surface area contributed by atoms with E-state index < -0.39 is 0 Å². The second-order valence-corrected chi connectivity index (χ2v) is 6.97. The summed E-state index contributed by atoms with van der Waals surface area (Å²) in [5, 5.41) is 0. The lowest BCUT2D eigenvalue weighted by molar-refractivity contribution is 0.112. The summed E-state index contributed by atoms with van der Waals surface area (Å²) in [6, 6.07) is 12.2. The van der Waals surface area contributed by atoms with Crippen molar-refractivity contribution in [2.45, 2.75) is 19.9 Å². The van der Waals surface area contributed by atoms with Crippen LogP contribution in [0, 0.1) is 6.92 Å². The molecule has 0 amide bonds. The molecule has 1 aliphatic heterocycles. The first kappa shape index (κ1) is 19.2. The fraction of sp³-hybridized carbons (Fsp3) is 0.409. The number of aryl methyl sites for hydroxylation is 1. The van der Waals surface area contributed by atoms with Gasteiger partial charge in [0.15, 0.2) is 0 Å². The van der Waals surface area contributed by atoms with E-state index in [1.807, 2.05) is 24.3 Å². The normalized spacial score (nSPS) is 16.1. The molecule has 2 aromatic rings. The monoisotopic (exact) mass is 368 g/mol. The molecular weight excluding hydrogens is 340 g/mol. The molecule has 0 bridgehead atoms. The Labute approximate surface area is 161 Å². The molecule has 1 heterocycles. The van der Waals surface area contributed by atoms with Crippen LogP contribution in [0.15, 0.2) is 36.4 Å². The number of nitrogens with zero attached hydrogens (tertiary/aromatic N) is 2. The Morgan fingerprint density at radius 1 is 1.00 bits per heavy atom. The number of ether oxygens (including phenoxy) is 2. The third-order valence-electron chi connectivity index (χ3n) is 5.45. The van der Waals surface area contributed by atoms with E-state index in [9.17, 15) is 4.79 Å². The van der Waals surface area contributed by atoms with Gasteiger partial charge in [0.1, 0.15) is 17.8 Å². The number of hydrogen-bond acceptors (Lipinski definition) is 5. The Kier molecular flexibility index (Phi) is 6.01. The summed E-state index contributed by atoms with van der Waals surface area (Å²) in [6.45, 7) is 8.17. The van der Waals surface area contributed by atoms with Crippen molar-refractivity contribution in [2.75, 3.05) is 45.3 Å². The molecule has 1 aliphatic rings. The second-order valence-electron chi connectivity index (χ2n) is 6.97. The molecule has 1 unspecified atom stereocenters. The average Bonchev–Trinajstić information content (AvgIpc) is 2.72. The molecule has 27 heavy (non-hydrogen) atoms. The quantitative estimate of drug-likeness (QED) is 0.727. The highest BCUT2D eigenvalue weighted by Gasteiger charge is 2.25. The van der Waals surface area contributed by atoms with Crippen molar-refractivity contribution in [1.29, 1.82) is 0 Å². The summed E-state index contributed by atoms with van der Waals surface area (Å²) in [7, 11) is 3.37. The van der Waals surface area contributed by atoms with Gasteiger partial charge in [-0.25, -0.2) is 0 Å². The van der Waals surface area contributed by atoms with Crippen molar-refractivity contribution < 1.29 is 14.3 Å². The zero-order valence-electron chi connectivity index (χ0n) is 16.6. The molecule has 144 valence electrons. The Balaban J connectivity index is 1.69. The highest BCUT2D eigenvalue weighted by molar-refractivity contribution is 5.77. The van der Waals surface area contributed by atoms with Crippen LogP contribution in [0.2, 0.25) is 0 Å². The third kappa shape index (κ3) is 4.08. The molecule has 0 aromatic heterocycles. The predicted octanol–water partition coefficient (Wildman–Crippen LogP) is 3.71. The summed E-state index contributed by atoms with van der Waals surface area (Å²) < 4.78 is 10.9.